The van der Waals surface area contributed by atoms with Gasteiger partial charge in [0.15, 0.2) is 22.6 Å². The zero-order valence-corrected chi connectivity index (χ0v) is 22.0. The molecule has 2 saturated carbocycles. The largest absolute Gasteiger partial charge is 0.458 e. The number of ketones is 2. The summed E-state index contributed by atoms with van der Waals surface area (Å²) >= 11 is 0. The lowest BCUT2D eigenvalue weighted by Gasteiger charge is -2.61. The lowest BCUT2D eigenvalue weighted by molar-refractivity contribution is -0.351. The fraction of sp³-hybridized carbons (Fsp3) is 0.786. The molecule has 0 aromatic carbocycles. The zero-order valence-electron chi connectivity index (χ0n) is 22.0. The molecule has 10 nitrogen and oxygen atoms in total. The number of rotatable bonds is 0. The summed E-state index contributed by atoms with van der Waals surface area (Å²) in [4.78, 5) is 54.7. The predicted octanol–water partition coefficient (Wildman–Crippen LogP) is 0.734. The number of allylic oxidation sites excluding steroid dienone is 1. The highest BCUT2D eigenvalue weighted by atomic mass is 16.7. The first-order valence-corrected chi connectivity index (χ1v) is 13.7. The van der Waals surface area contributed by atoms with Crippen LogP contribution >= 0.6 is 0 Å². The van der Waals surface area contributed by atoms with Gasteiger partial charge in [0.1, 0.15) is 11.9 Å². The number of Topliss-reactive ketones (excluding diaryl/α,β-unsaturated/α-hetero) is 2. The van der Waals surface area contributed by atoms with Crippen LogP contribution in [0.1, 0.15) is 66.2 Å². The molecule has 0 amide bonds. The molecule has 7 aliphatic rings. The number of carbonyl (C=O) groups is 4. The average Bonchev–Trinajstić information content (AvgIpc) is 3.19. The second-order valence-corrected chi connectivity index (χ2v) is 13.4. The van der Waals surface area contributed by atoms with Crippen molar-refractivity contribution < 1.29 is 48.7 Å². The first-order chi connectivity index (χ1) is 17.6. The molecular formula is C28H34O10. The lowest BCUT2D eigenvalue weighted by Crippen LogP contribution is -2.78. The molecule has 4 bridgehead atoms. The number of aliphatic hydroxyl groups is 3. The molecule has 206 valence electrons. The molecule has 1 spiro atoms. The SMILES string of the molecule is C[C@@H]1C(=O)O[C@@H]2C[C@@]1(C)[C@@H]1C(=O)[C@]3(O)O[C@]14[C@@]2(C)OC(=O)[C@@]4(O)CC[C@H]1[C@H]3[C@H](O)C=C2CCCC(=O)[C@@]21C. The lowest BCUT2D eigenvalue weighted by atomic mass is 9.46. The smallest absolute Gasteiger partial charge is 0.342 e. The summed E-state index contributed by atoms with van der Waals surface area (Å²) in [6.07, 6.45) is 0.795. The molecule has 12 atom stereocenters. The Labute approximate surface area is 219 Å². The van der Waals surface area contributed by atoms with Gasteiger partial charge in [0.2, 0.25) is 5.79 Å². The minimum atomic E-state index is -2.65. The van der Waals surface area contributed by atoms with Gasteiger partial charge in [-0.15, -0.1) is 0 Å². The maximum absolute atomic E-state index is 14.6. The van der Waals surface area contributed by atoms with Gasteiger partial charge in [-0.05, 0) is 57.3 Å². The van der Waals surface area contributed by atoms with Crippen LogP contribution in [0, 0.1) is 34.5 Å². The van der Waals surface area contributed by atoms with E-state index < -0.39 is 87.0 Å². The first kappa shape index (κ1) is 24.9. The summed E-state index contributed by atoms with van der Waals surface area (Å²) in [6, 6.07) is 0. The molecule has 0 unspecified atom stereocenters. The van der Waals surface area contributed by atoms with Crippen LogP contribution < -0.4 is 0 Å². The highest BCUT2D eigenvalue weighted by Gasteiger charge is 2.92. The fourth-order valence-corrected chi connectivity index (χ4v) is 9.85. The number of ether oxygens (including phenoxy) is 3. The predicted molar refractivity (Wildman–Crippen MR) is 126 cm³/mol. The van der Waals surface area contributed by atoms with Crippen molar-refractivity contribution >= 4 is 23.5 Å². The van der Waals surface area contributed by atoms with E-state index in [0.717, 1.165) is 5.57 Å². The van der Waals surface area contributed by atoms with E-state index in [4.69, 9.17) is 14.2 Å². The Kier molecular flexibility index (Phi) is 4.43. The molecule has 38 heavy (non-hydrogen) atoms. The molecule has 4 heterocycles. The van der Waals surface area contributed by atoms with E-state index in [0.29, 0.717) is 19.3 Å². The van der Waals surface area contributed by atoms with E-state index in [9.17, 15) is 34.5 Å². The summed E-state index contributed by atoms with van der Waals surface area (Å²) in [7, 11) is 0. The Bertz CT molecular complexity index is 1260. The van der Waals surface area contributed by atoms with Crippen molar-refractivity contribution in [2.75, 3.05) is 0 Å². The Hall–Kier alpha value is -2.14. The Morgan fingerprint density at radius 3 is 2.47 bits per heavy atom. The van der Waals surface area contributed by atoms with Gasteiger partial charge in [-0.3, -0.25) is 14.4 Å². The van der Waals surface area contributed by atoms with Crippen LogP contribution in [0.15, 0.2) is 11.6 Å². The van der Waals surface area contributed by atoms with Gasteiger partial charge in [-0.25, -0.2) is 4.79 Å². The molecule has 10 heteroatoms. The van der Waals surface area contributed by atoms with Gasteiger partial charge in [0.25, 0.3) is 0 Å². The van der Waals surface area contributed by atoms with Crippen LogP contribution in [0.5, 0.6) is 0 Å². The minimum Gasteiger partial charge on any atom is -0.458 e. The Morgan fingerprint density at radius 1 is 1.05 bits per heavy atom. The molecule has 4 aliphatic heterocycles. The van der Waals surface area contributed by atoms with Crippen LogP contribution in [-0.2, 0) is 33.4 Å². The maximum atomic E-state index is 14.6. The molecular weight excluding hydrogens is 496 g/mol. The van der Waals surface area contributed by atoms with Crippen molar-refractivity contribution in [1.29, 1.82) is 0 Å². The molecule has 0 aromatic heterocycles. The number of aliphatic hydroxyl groups excluding tert-OH is 1. The molecule has 3 aliphatic carbocycles. The van der Waals surface area contributed by atoms with Gasteiger partial charge in [-0.1, -0.05) is 25.5 Å². The van der Waals surface area contributed by atoms with Crippen molar-refractivity contribution in [3.05, 3.63) is 11.6 Å². The normalized spacial score (nSPS) is 58.6. The number of hydrogen-bond donors (Lipinski definition) is 3. The van der Waals surface area contributed by atoms with Crippen LogP contribution in [0.25, 0.3) is 0 Å². The van der Waals surface area contributed by atoms with Gasteiger partial charge in [-0.2, -0.15) is 0 Å². The maximum Gasteiger partial charge on any atom is 0.342 e. The molecule has 7 rings (SSSR count). The topological polar surface area (TPSA) is 157 Å². The van der Waals surface area contributed by atoms with E-state index in [1.54, 1.807) is 26.8 Å². The standard InChI is InChI=1S/C28H34O10/c1-12-21(32)36-17-11-23(12,2)19-20(31)27(35)18-14(24(3)13(10-15(18)29)6-5-7-16(24)30)8-9-26(34)22(33)37-25(17,4)28(19,26)38-27/h10,12,14-15,17-19,29,34-35H,5-9,11H2,1-4H3/t12-,14+,15-,17-,18+,19+,23-,24+,25+,26+,27-,28+/m1/s1. The van der Waals surface area contributed by atoms with Crippen molar-refractivity contribution in [2.45, 2.75) is 101 Å². The molecule has 0 aromatic rings. The average molecular weight is 531 g/mol. The summed E-state index contributed by atoms with van der Waals surface area (Å²) in [6.45, 7) is 6.61. The summed E-state index contributed by atoms with van der Waals surface area (Å²) in [5, 5.41) is 36.1. The summed E-state index contributed by atoms with van der Waals surface area (Å²) < 4.78 is 18.0. The summed E-state index contributed by atoms with van der Waals surface area (Å²) in [5.74, 6) is -9.23. The van der Waals surface area contributed by atoms with E-state index in [-0.39, 0.29) is 25.0 Å². The van der Waals surface area contributed by atoms with Crippen molar-refractivity contribution in [3.8, 4) is 0 Å². The molecule has 0 radical (unpaired) electrons. The van der Waals surface area contributed by atoms with E-state index in [2.05, 4.69) is 0 Å². The number of esters is 2. The number of hydrogen-bond acceptors (Lipinski definition) is 10. The van der Waals surface area contributed by atoms with Crippen LogP contribution in [-0.4, -0.2) is 73.6 Å². The summed E-state index contributed by atoms with van der Waals surface area (Å²) in [5.41, 5.74) is -7.70. The number of carbonyl (C=O) groups excluding carboxylic acids is 4. The number of fused-ring (bicyclic) bond motifs is 9. The third-order valence-corrected chi connectivity index (χ3v) is 12.1. The second-order valence-electron chi connectivity index (χ2n) is 13.4. The van der Waals surface area contributed by atoms with Crippen molar-refractivity contribution in [1.82, 2.24) is 0 Å². The minimum absolute atomic E-state index is 0.0626. The molecule has 4 saturated heterocycles. The van der Waals surface area contributed by atoms with Crippen LogP contribution in [0.3, 0.4) is 0 Å². The van der Waals surface area contributed by atoms with Crippen molar-refractivity contribution in [2.24, 2.45) is 34.5 Å². The van der Waals surface area contributed by atoms with E-state index in [1.807, 2.05) is 0 Å². The third kappa shape index (κ3) is 2.24. The Morgan fingerprint density at radius 2 is 1.76 bits per heavy atom. The molecule has 3 N–H and O–H groups in total. The zero-order chi connectivity index (χ0) is 27.4. The van der Waals surface area contributed by atoms with E-state index in [1.165, 1.54) is 6.92 Å². The highest BCUT2D eigenvalue weighted by molar-refractivity contribution is 5.99. The first-order valence-electron chi connectivity index (χ1n) is 13.7. The van der Waals surface area contributed by atoms with Gasteiger partial charge in [0.05, 0.1) is 29.3 Å². The molecule has 6 fully saturated rings. The second kappa shape index (κ2) is 6.77. The quantitative estimate of drug-likeness (QED) is 0.301. The van der Waals surface area contributed by atoms with E-state index >= 15 is 0 Å². The van der Waals surface area contributed by atoms with Gasteiger partial charge >= 0.3 is 11.9 Å². The van der Waals surface area contributed by atoms with Gasteiger partial charge < -0.3 is 29.5 Å². The Balaban J connectivity index is 1.51. The van der Waals surface area contributed by atoms with Crippen molar-refractivity contribution in [3.63, 3.8) is 0 Å². The highest BCUT2D eigenvalue weighted by Crippen LogP contribution is 2.73. The van der Waals surface area contributed by atoms with Crippen LogP contribution in [0.2, 0.25) is 0 Å². The van der Waals surface area contributed by atoms with Gasteiger partial charge in [0, 0.05) is 6.42 Å². The fourth-order valence-electron chi connectivity index (χ4n) is 9.85. The monoisotopic (exact) mass is 530 g/mol. The van der Waals surface area contributed by atoms with Crippen LogP contribution in [0.4, 0.5) is 0 Å². The third-order valence-electron chi connectivity index (χ3n) is 12.1.